The van der Waals surface area contributed by atoms with Crippen LogP contribution in [-0.2, 0) is 0 Å². The fraction of sp³-hybridized carbons (Fsp3) is 0.611. The van der Waals surface area contributed by atoms with Crippen LogP contribution in [0.3, 0.4) is 0 Å². The maximum absolute atomic E-state index is 2.62. The molecule has 19 heavy (non-hydrogen) atoms. The molecule has 0 saturated carbocycles. The van der Waals surface area contributed by atoms with E-state index in [4.69, 9.17) is 0 Å². The van der Waals surface area contributed by atoms with Crippen LogP contribution in [0, 0.1) is 0 Å². The first-order valence-electron chi connectivity index (χ1n) is 7.44. The van der Waals surface area contributed by atoms with Gasteiger partial charge in [-0.1, -0.05) is 11.1 Å². The molecule has 104 valence electrons. The third-order valence-electron chi connectivity index (χ3n) is 4.36. The fourth-order valence-electron chi connectivity index (χ4n) is 3.65. The second-order valence-corrected chi connectivity index (χ2v) is 6.94. The highest BCUT2D eigenvalue weighted by Crippen LogP contribution is 2.35. The molecular formula is C18H28N+. The molecule has 0 bridgehead atoms. The molecule has 0 fully saturated rings. The average molecular weight is 258 g/mol. The Labute approximate surface area is 118 Å². The second kappa shape index (κ2) is 4.77. The number of nitrogens with zero attached hydrogens (tertiary/aromatic N) is 1. The fourth-order valence-corrected chi connectivity index (χ4v) is 3.65. The molecule has 1 heteroatoms. The molecule has 0 atom stereocenters. The van der Waals surface area contributed by atoms with Crippen molar-refractivity contribution >= 4 is 5.71 Å². The number of allylic oxidation sites excluding steroid dienone is 5. The van der Waals surface area contributed by atoms with E-state index in [9.17, 15) is 0 Å². The van der Waals surface area contributed by atoms with E-state index in [1.165, 1.54) is 47.4 Å². The van der Waals surface area contributed by atoms with Crippen molar-refractivity contribution in [2.24, 2.45) is 0 Å². The van der Waals surface area contributed by atoms with Gasteiger partial charge in [-0.2, -0.15) is 0 Å². The van der Waals surface area contributed by atoms with Gasteiger partial charge < -0.3 is 0 Å². The lowest BCUT2D eigenvalue weighted by Crippen LogP contribution is -2.46. The van der Waals surface area contributed by atoms with E-state index in [1.54, 1.807) is 5.57 Å². The monoisotopic (exact) mass is 258 g/mol. The van der Waals surface area contributed by atoms with Crippen LogP contribution in [0.5, 0.6) is 0 Å². The van der Waals surface area contributed by atoms with Crippen LogP contribution in [0.15, 0.2) is 33.9 Å². The summed E-state index contributed by atoms with van der Waals surface area (Å²) in [6.45, 7) is 17.1. The summed E-state index contributed by atoms with van der Waals surface area (Å²) in [6, 6.07) is 0. The van der Waals surface area contributed by atoms with Crippen molar-refractivity contribution in [2.45, 2.75) is 66.8 Å². The van der Waals surface area contributed by atoms with Crippen molar-refractivity contribution in [1.82, 2.24) is 0 Å². The van der Waals surface area contributed by atoms with E-state index in [0.29, 0.717) is 0 Å². The van der Waals surface area contributed by atoms with Gasteiger partial charge in [-0.25, -0.2) is 4.58 Å². The maximum Gasteiger partial charge on any atom is 0.211 e. The van der Waals surface area contributed by atoms with Gasteiger partial charge in [0.2, 0.25) is 5.71 Å². The van der Waals surface area contributed by atoms with Crippen LogP contribution in [0.1, 0.15) is 61.3 Å². The molecule has 0 aliphatic carbocycles. The Balaban J connectivity index is 2.78. The molecule has 0 N–H and O–H groups in total. The third kappa shape index (κ3) is 2.35. The Morgan fingerprint density at radius 1 is 1.11 bits per heavy atom. The zero-order valence-corrected chi connectivity index (χ0v) is 13.6. The van der Waals surface area contributed by atoms with Crippen LogP contribution in [0.4, 0.5) is 0 Å². The van der Waals surface area contributed by atoms with E-state index < -0.39 is 0 Å². The highest BCUT2D eigenvalue weighted by molar-refractivity contribution is 6.13. The Bertz CT molecular complexity index is 528. The van der Waals surface area contributed by atoms with Gasteiger partial charge in [0, 0.05) is 31.4 Å². The molecule has 0 aromatic carbocycles. The van der Waals surface area contributed by atoms with Gasteiger partial charge in [-0.05, 0) is 52.7 Å². The van der Waals surface area contributed by atoms with Gasteiger partial charge in [-0.3, -0.25) is 0 Å². The minimum atomic E-state index is 0.138. The van der Waals surface area contributed by atoms with Gasteiger partial charge in [0.15, 0.2) is 5.54 Å². The highest BCUT2D eigenvalue weighted by atomic mass is 15.1. The lowest BCUT2D eigenvalue weighted by Gasteiger charge is -2.33. The van der Waals surface area contributed by atoms with Crippen molar-refractivity contribution in [1.29, 1.82) is 0 Å². The normalized spacial score (nSPS) is 22.2. The lowest BCUT2D eigenvalue weighted by atomic mass is 9.80. The Hall–Kier alpha value is -1.11. The van der Waals surface area contributed by atoms with Gasteiger partial charge in [0.1, 0.15) is 6.54 Å². The molecule has 0 saturated heterocycles. The minimum absolute atomic E-state index is 0.138. The molecule has 0 spiro atoms. The first-order valence-corrected chi connectivity index (χ1v) is 7.44. The van der Waals surface area contributed by atoms with Crippen LogP contribution in [-0.4, -0.2) is 22.4 Å². The summed E-state index contributed by atoms with van der Waals surface area (Å²) in [5, 5.41) is 0. The van der Waals surface area contributed by atoms with E-state index in [1.807, 2.05) is 0 Å². The smallest absolute Gasteiger partial charge is 0.211 e. The standard InChI is InChI=1S/C18H28N/c1-12(2)15-9-8-10-19-17(15)16(13(3)4)14(5)11-18(19,6)7/h11H,8-10H2,1-7H3/q+1. The summed E-state index contributed by atoms with van der Waals surface area (Å²) in [7, 11) is 0. The molecule has 2 aliphatic rings. The van der Waals surface area contributed by atoms with Crippen LogP contribution in [0.2, 0.25) is 0 Å². The first-order chi connectivity index (χ1) is 8.75. The molecule has 0 unspecified atom stereocenters. The maximum atomic E-state index is 2.62. The summed E-state index contributed by atoms with van der Waals surface area (Å²) in [4.78, 5) is 0. The zero-order valence-electron chi connectivity index (χ0n) is 13.6. The SMILES string of the molecule is CC1=CC(C)(C)[N+]2=C(C(=C(C)C)CCC2)C1=C(C)C. The van der Waals surface area contributed by atoms with Gasteiger partial charge >= 0.3 is 0 Å². The Morgan fingerprint density at radius 3 is 2.26 bits per heavy atom. The largest absolute Gasteiger partial charge is 0.221 e. The molecule has 1 nitrogen and oxygen atoms in total. The van der Waals surface area contributed by atoms with Gasteiger partial charge in [0.25, 0.3) is 0 Å². The molecule has 2 heterocycles. The molecule has 2 rings (SSSR count). The van der Waals surface area contributed by atoms with Crippen LogP contribution >= 0.6 is 0 Å². The summed E-state index contributed by atoms with van der Waals surface area (Å²) >= 11 is 0. The Kier molecular flexibility index (Phi) is 3.59. The zero-order chi connectivity index (χ0) is 14.4. The van der Waals surface area contributed by atoms with E-state index in [2.05, 4.69) is 59.1 Å². The molecule has 2 aliphatic heterocycles. The van der Waals surface area contributed by atoms with E-state index in [-0.39, 0.29) is 5.54 Å². The molecule has 0 aromatic rings. The molecule has 0 amide bonds. The third-order valence-corrected chi connectivity index (χ3v) is 4.36. The predicted octanol–water partition coefficient (Wildman–Crippen LogP) is 4.65. The van der Waals surface area contributed by atoms with Crippen molar-refractivity contribution < 1.29 is 4.58 Å². The van der Waals surface area contributed by atoms with Crippen molar-refractivity contribution in [2.75, 3.05) is 6.54 Å². The second-order valence-electron chi connectivity index (χ2n) is 6.94. The molecule has 0 radical (unpaired) electrons. The average Bonchev–Trinajstić information content (AvgIpc) is 2.26. The summed E-state index contributed by atoms with van der Waals surface area (Å²) in [5.74, 6) is 0. The van der Waals surface area contributed by atoms with Gasteiger partial charge in [-0.15, -0.1) is 0 Å². The highest BCUT2D eigenvalue weighted by Gasteiger charge is 2.41. The summed E-state index contributed by atoms with van der Waals surface area (Å²) in [5.41, 5.74) is 9.06. The summed E-state index contributed by atoms with van der Waals surface area (Å²) in [6.07, 6.45) is 4.94. The van der Waals surface area contributed by atoms with E-state index >= 15 is 0 Å². The number of rotatable bonds is 0. The quantitative estimate of drug-likeness (QED) is 0.557. The first kappa shape index (κ1) is 14.3. The van der Waals surface area contributed by atoms with Crippen molar-refractivity contribution in [3.63, 3.8) is 0 Å². The Morgan fingerprint density at radius 2 is 1.74 bits per heavy atom. The van der Waals surface area contributed by atoms with Gasteiger partial charge in [0.05, 0.1) is 0 Å². The van der Waals surface area contributed by atoms with E-state index in [0.717, 1.165) is 0 Å². The molecule has 0 aromatic heterocycles. The lowest BCUT2D eigenvalue weighted by molar-refractivity contribution is -0.590. The molecular weight excluding hydrogens is 230 g/mol. The van der Waals surface area contributed by atoms with Crippen molar-refractivity contribution in [3.05, 3.63) is 33.9 Å². The number of hydrogen-bond donors (Lipinski definition) is 0. The van der Waals surface area contributed by atoms with Crippen molar-refractivity contribution in [3.8, 4) is 0 Å². The predicted molar refractivity (Wildman–Crippen MR) is 84.0 cm³/mol. The topological polar surface area (TPSA) is 3.01 Å². The minimum Gasteiger partial charge on any atom is -0.221 e. The number of hydrogen-bond acceptors (Lipinski definition) is 0. The van der Waals surface area contributed by atoms with Crippen LogP contribution in [0.25, 0.3) is 0 Å². The summed E-state index contributed by atoms with van der Waals surface area (Å²) < 4.78 is 2.62. The van der Waals surface area contributed by atoms with Crippen LogP contribution < -0.4 is 0 Å².